The van der Waals surface area contributed by atoms with Gasteiger partial charge in [0.25, 0.3) is 0 Å². The molecule has 0 bridgehead atoms. The lowest BCUT2D eigenvalue weighted by molar-refractivity contribution is -0.143. The Morgan fingerprint density at radius 3 is 2.71 bits per heavy atom. The number of nitrogens with zero attached hydrogens (tertiary/aromatic N) is 1. The number of anilines is 1. The second-order valence-electron chi connectivity index (χ2n) is 9.54. The first kappa shape index (κ1) is 25.1. The van der Waals surface area contributed by atoms with Crippen LogP contribution >= 0.6 is 0 Å². The molecule has 1 saturated carbocycles. The number of ether oxygens (including phenoxy) is 1. The molecular weight excluding hydrogens is 446 g/mol. The predicted molar refractivity (Wildman–Crippen MR) is 132 cm³/mol. The molecule has 0 saturated heterocycles. The first-order chi connectivity index (χ1) is 17.0. The van der Waals surface area contributed by atoms with Crippen LogP contribution in [-0.2, 0) is 27.2 Å². The van der Waals surface area contributed by atoms with Crippen LogP contribution in [0.25, 0.3) is 0 Å². The number of amides is 1. The van der Waals surface area contributed by atoms with Gasteiger partial charge in [-0.15, -0.1) is 0 Å². The highest BCUT2D eigenvalue weighted by molar-refractivity contribution is 5.88. The Kier molecular flexibility index (Phi) is 8.71. The molecule has 8 nitrogen and oxygen atoms in total. The van der Waals surface area contributed by atoms with E-state index in [1.54, 1.807) is 24.3 Å². The van der Waals surface area contributed by atoms with Crippen LogP contribution in [0.3, 0.4) is 0 Å². The summed E-state index contributed by atoms with van der Waals surface area (Å²) in [6.07, 6.45) is 6.53. The average molecular weight is 482 g/mol. The number of hydrogen-bond donors (Lipinski definition) is 4. The lowest BCUT2D eigenvalue weighted by Gasteiger charge is -2.35. The number of benzene rings is 1. The van der Waals surface area contributed by atoms with E-state index >= 15 is 0 Å². The van der Waals surface area contributed by atoms with E-state index in [0.717, 1.165) is 56.6 Å². The largest absolute Gasteiger partial charge is 0.480 e. The smallest absolute Gasteiger partial charge is 0.326 e. The lowest BCUT2D eigenvalue weighted by Crippen LogP contribution is -2.44. The Morgan fingerprint density at radius 2 is 1.97 bits per heavy atom. The minimum atomic E-state index is -1.11. The first-order valence-electron chi connectivity index (χ1n) is 12.6. The van der Waals surface area contributed by atoms with Crippen molar-refractivity contribution >= 4 is 17.7 Å². The third-order valence-electron chi connectivity index (χ3n) is 7.03. The van der Waals surface area contributed by atoms with Crippen molar-refractivity contribution in [2.45, 2.75) is 63.0 Å². The fourth-order valence-corrected chi connectivity index (χ4v) is 4.81. The number of hydrogen-bond acceptors (Lipinski definition) is 6. The molecule has 2 atom stereocenters. The molecule has 4 rings (SSSR count). The van der Waals surface area contributed by atoms with Gasteiger partial charge in [-0.1, -0.05) is 36.4 Å². The number of fused-ring (bicyclic) bond motifs is 1. The van der Waals surface area contributed by atoms with E-state index in [1.165, 1.54) is 5.56 Å². The summed E-state index contributed by atoms with van der Waals surface area (Å²) < 4.78 is 5.88. The van der Waals surface area contributed by atoms with E-state index in [1.807, 2.05) is 6.07 Å². The third kappa shape index (κ3) is 6.80. The molecule has 1 aromatic heterocycles. The Morgan fingerprint density at radius 1 is 1.17 bits per heavy atom. The predicted octanol–water partition coefficient (Wildman–Crippen LogP) is 2.90. The second kappa shape index (κ2) is 12.1. The summed E-state index contributed by atoms with van der Waals surface area (Å²) in [6.45, 7) is 0.869. The van der Waals surface area contributed by atoms with Crippen LogP contribution < -0.4 is 10.6 Å². The van der Waals surface area contributed by atoms with Gasteiger partial charge in [0.2, 0.25) is 5.91 Å². The summed E-state index contributed by atoms with van der Waals surface area (Å²) in [7, 11) is 0. The number of aryl methyl sites for hydroxylation is 2. The average Bonchev–Trinajstić information content (AvgIpc) is 2.85. The van der Waals surface area contributed by atoms with Gasteiger partial charge >= 0.3 is 5.97 Å². The highest BCUT2D eigenvalue weighted by atomic mass is 16.5. The standard InChI is InChI=1S/C27H35N3O5/c31-17-23(19-5-2-1-3-6-19)26(32)30-24(27(33)34)12-14-35-22-15-18(16-22)8-10-21-11-9-20-7-4-13-28-25(20)29-21/h1-3,5-6,9,11,18,22-24,31H,4,7-8,10,12-17H2,(H,28,29)(H,30,32)(H,33,34)/t18-,22+,23?,24?. The molecule has 1 aromatic carbocycles. The number of aliphatic hydroxyl groups excluding tert-OH is 1. The van der Waals surface area contributed by atoms with Gasteiger partial charge in [0.1, 0.15) is 11.9 Å². The van der Waals surface area contributed by atoms with Crippen LogP contribution in [0, 0.1) is 5.92 Å². The van der Waals surface area contributed by atoms with Crippen molar-refractivity contribution in [2.75, 3.05) is 25.1 Å². The van der Waals surface area contributed by atoms with E-state index in [0.29, 0.717) is 11.5 Å². The number of aliphatic hydroxyl groups is 1. The van der Waals surface area contributed by atoms with Crippen molar-refractivity contribution in [1.29, 1.82) is 0 Å². The fourth-order valence-electron chi connectivity index (χ4n) is 4.81. The van der Waals surface area contributed by atoms with Gasteiger partial charge in [-0.25, -0.2) is 9.78 Å². The topological polar surface area (TPSA) is 121 Å². The molecule has 2 aliphatic rings. The summed E-state index contributed by atoms with van der Waals surface area (Å²) in [6, 6.07) is 12.1. The maximum atomic E-state index is 12.6. The summed E-state index contributed by atoms with van der Waals surface area (Å²) >= 11 is 0. The summed E-state index contributed by atoms with van der Waals surface area (Å²) in [5.74, 6) is -0.771. The van der Waals surface area contributed by atoms with Gasteiger partial charge in [-0.05, 0) is 61.6 Å². The Hall–Kier alpha value is -2.97. The maximum absolute atomic E-state index is 12.6. The van der Waals surface area contributed by atoms with Crippen LogP contribution in [0.5, 0.6) is 0 Å². The van der Waals surface area contributed by atoms with Gasteiger partial charge in [0, 0.05) is 25.3 Å². The quantitative estimate of drug-likeness (QED) is 0.368. The Balaban J connectivity index is 1.15. The molecule has 8 heteroatoms. The highest BCUT2D eigenvalue weighted by Gasteiger charge is 2.31. The molecule has 0 spiro atoms. The molecule has 0 radical (unpaired) electrons. The number of carbonyl (C=O) groups is 2. The van der Waals surface area contributed by atoms with E-state index in [4.69, 9.17) is 9.72 Å². The number of carbonyl (C=O) groups excluding carboxylic acids is 1. The molecule has 1 fully saturated rings. The minimum absolute atomic E-state index is 0.137. The zero-order valence-corrected chi connectivity index (χ0v) is 20.0. The zero-order chi connectivity index (χ0) is 24.6. The number of aromatic nitrogens is 1. The molecule has 35 heavy (non-hydrogen) atoms. The minimum Gasteiger partial charge on any atom is -0.480 e. The monoisotopic (exact) mass is 481 g/mol. The van der Waals surface area contributed by atoms with Crippen molar-refractivity contribution in [2.24, 2.45) is 5.92 Å². The Bertz CT molecular complexity index is 994. The third-order valence-corrected chi connectivity index (χ3v) is 7.03. The van der Waals surface area contributed by atoms with E-state index in [-0.39, 0.29) is 25.7 Å². The van der Waals surface area contributed by atoms with Crippen LogP contribution in [0.1, 0.15) is 54.8 Å². The molecule has 2 unspecified atom stereocenters. The van der Waals surface area contributed by atoms with Crippen LogP contribution in [0.4, 0.5) is 5.82 Å². The van der Waals surface area contributed by atoms with Crippen LogP contribution in [0.15, 0.2) is 42.5 Å². The molecule has 2 aromatic rings. The highest BCUT2D eigenvalue weighted by Crippen LogP contribution is 2.34. The molecule has 188 valence electrons. The number of pyridine rings is 1. The van der Waals surface area contributed by atoms with Crippen molar-refractivity contribution < 1.29 is 24.5 Å². The van der Waals surface area contributed by atoms with Crippen molar-refractivity contribution in [1.82, 2.24) is 10.3 Å². The van der Waals surface area contributed by atoms with Gasteiger partial charge < -0.3 is 25.6 Å². The van der Waals surface area contributed by atoms with Crippen LogP contribution in [-0.4, -0.2) is 59.0 Å². The van der Waals surface area contributed by atoms with Crippen molar-refractivity contribution in [3.8, 4) is 0 Å². The number of aliphatic carboxylic acids is 1. The molecule has 1 aliphatic carbocycles. The van der Waals surface area contributed by atoms with E-state index in [2.05, 4.69) is 22.8 Å². The van der Waals surface area contributed by atoms with Gasteiger partial charge in [0.15, 0.2) is 0 Å². The van der Waals surface area contributed by atoms with Crippen molar-refractivity contribution in [3.63, 3.8) is 0 Å². The Labute approximate surface area is 206 Å². The molecular formula is C27H35N3O5. The van der Waals surface area contributed by atoms with Gasteiger partial charge in [-0.3, -0.25) is 4.79 Å². The maximum Gasteiger partial charge on any atom is 0.326 e. The SMILES string of the molecule is O=C(O)C(CCO[C@H]1C[C@@H](CCc2ccc3c(n2)NCCC3)C1)NC(=O)C(CO)c1ccccc1. The molecule has 4 N–H and O–H groups in total. The number of rotatable bonds is 12. The molecule has 1 amide bonds. The van der Waals surface area contributed by atoms with Crippen molar-refractivity contribution in [3.05, 3.63) is 59.3 Å². The molecule has 1 aliphatic heterocycles. The summed E-state index contributed by atoms with van der Waals surface area (Å²) in [4.78, 5) is 29.0. The van der Waals surface area contributed by atoms with Gasteiger partial charge in [-0.2, -0.15) is 0 Å². The summed E-state index contributed by atoms with van der Waals surface area (Å²) in [5.41, 5.74) is 3.08. The zero-order valence-electron chi connectivity index (χ0n) is 20.0. The summed E-state index contributed by atoms with van der Waals surface area (Å²) in [5, 5.41) is 25.1. The second-order valence-corrected chi connectivity index (χ2v) is 9.54. The lowest BCUT2D eigenvalue weighted by atomic mass is 9.79. The first-order valence-corrected chi connectivity index (χ1v) is 12.6. The number of carboxylic acid groups (broad SMARTS) is 1. The van der Waals surface area contributed by atoms with E-state index < -0.39 is 23.8 Å². The normalized spacial score (nSPS) is 20.6. The number of carboxylic acids is 1. The van der Waals surface area contributed by atoms with E-state index in [9.17, 15) is 19.8 Å². The molecule has 2 heterocycles. The van der Waals surface area contributed by atoms with Crippen LogP contribution in [0.2, 0.25) is 0 Å². The van der Waals surface area contributed by atoms with Gasteiger partial charge in [0.05, 0.1) is 18.6 Å². The number of nitrogens with one attached hydrogen (secondary N) is 2. The fraction of sp³-hybridized carbons (Fsp3) is 0.519.